The average molecular weight is 406 g/mol. The van der Waals surface area contributed by atoms with Crippen LogP contribution < -0.4 is 5.32 Å². The van der Waals surface area contributed by atoms with Crippen molar-refractivity contribution >= 4 is 17.5 Å². The number of aryl methyl sites for hydroxylation is 1. The summed E-state index contributed by atoms with van der Waals surface area (Å²) in [5.41, 5.74) is -0.0566. The minimum Gasteiger partial charge on any atom is -0.448 e. The topological polar surface area (TPSA) is 85.4 Å². The van der Waals surface area contributed by atoms with Crippen LogP contribution in [-0.4, -0.2) is 56.9 Å². The van der Waals surface area contributed by atoms with Crippen LogP contribution in [0, 0.1) is 11.8 Å². The van der Waals surface area contributed by atoms with E-state index in [9.17, 15) is 4.79 Å². The van der Waals surface area contributed by atoms with Crippen LogP contribution in [0.1, 0.15) is 25.0 Å². The molecule has 3 saturated heterocycles. The lowest BCUT2D eigenvalue weighted by Gasteiger charge is -2.29. The van der Waals surface area contributed by atoms with E-state index in [-0.39, 0.29) is 17.6 Å². The van der Waals surface area contributed by atoms with Gasteiger partial charge >= 0.3 is 0 Å². The molecule has 1 amide bonds. The highest BCUT2D eigenvalue weighted by atomic mass is 35.5. The lowest BCUT2D eigenvalue weighted by molar-refractivity contribution is -0.121. The van der Waals surface area contributed by atoms with Gasteiger partial charge in [0.2, 0.25) is 5.91 Å². The van der Waals surface area contributed by atoms with Crippen molar-refractivity contribution < 1.29 is 13.9 Å². The molecule has 2 aromatic heterocycles. The minimum absolute atomic E-state index is 0.0566. The average Bonchev–Trinajstić information content (AvgIpc) is 3.46. The number of nitrogens with zero attached hydrogens (tertiary/aromatic N) is 4. The van der Waals surface area contributed by atoms with Crippen LogP contribution in [0.15, 0.2) is 29.2 Å². The van der Waals surface area contributed by atoms with Gasteiger partial charge in [0.05, 0.1) is 18.2 Å². The van der Waals surface area contributed by atoms with E-state index in [1.54, 1.807) is 18.7 Å². The Morgan fingerprint density at radius 1 is 1.36 bits per heavy atom. The first-order valence-corrected chi connectivity index (χ1v) is 10.2. The maximum absolute atomic E-state index is 12.3. The number of carbonyl (C=O) groups excluding carboxylic acids is 1. The number of ether oxygens (including phenoxy) is 1. The number of carbonyl (C=O) groups is 1. The number of hydrogen-bond acceptors (Lipinski definition) is 6. The molecular formula is C19H24ClN5O3. The second-order valence-corrected chi connectivity index (χ2v) is 8.53. The van der Waals surface area contributed by atoms with Gasteiger partial charge in [-0.15, -0.1) is 10.2 Å². The number of furan rings is 1. The first-order valence-electron chi connectivity index (χ1n) is 9.85. The second-order valence-electron chi connectivity index (χ2n) is 8.16. The Morgan fingerprint density at radius 2 is 2.21 bits per heavy atom. The van der Waals surface area contributed by atoms with Crippen molar-refractivity contribution in [1.82, 2.24) is 25.0 Å². The third kappa shape index (κ3) is 3.33. The number of halogens is 1. The molecule has 0 radical (unpaired) electrons. The molecule has 5 rings (SSSR count). The molecule has 0 saturated carbocycles. The molecule has 28 heavy (non-hydrogen) atoms. The molecule has 150 valence electrons. The highest BCUT2D eigenvalue weighted by molar-refractivity contribution is 6.28. The predicted molar refractivity (Wildman–Crippen MR) is 100 cm³/mol. The Hall–Kier alpha value is -1.90. The highest BCUT2D eigenvalue weighted by Gasteiger charge is 2.62. The predicted octanol–water partition coefficient (Wildman–Crippen LogP) is 1.71. The number of fused-ring (bicyclic) bond motifs is 1. The molecule has 5 heterocycles. The summed E-state index contributed by atoms with van der Waals surface area (Å²) in [6.45, 7) is 3.91. The number of nitrogens with one attached hydrogen (secondary N) is 1. The Morgan fingerprint density at radius 3 is 3.00 bits per heavy atom. The summed E-state index contributed by atoms with van der Waals surface area (Å²) in [6.07, 6.45) is 6.13. The summed E-state index contributed by atoms with van der Waals surface area (Å²) in [4.78, 5) is 14.6. The van der Waals surface area contributed by atoms with Gasteiger partial charge in [0.15, 0.2) is 5.22 Å². The summed E-state index contributed by atoms with van der Waals surface area (Å²) in [6, 6.07) is 3.71. The lowest BCUT2D eigenvalue weighted by Crippen LogP contribution is -2.42. The zero-order valence-electron chi connectivity index (χ0n) is 15.6. The maximum Gasteiger partial charge on any atom is 0.221 e. The largest absolute Gasteiger partial charge is 0.448 e. The molecule has 9 heteroatoms. The SMILES string of the molecule is O=C(CCn1cnnc1)NC[C@H]1[C@H]2CN(Cc3ccc(Cl)o3)C[C@]23CC[C@H]1O3. The van der Waals surface area contributed by atoms with Crippen molar-refractivity contribution in [1.29, 1.82) is 0 Å². The van der Waals surface area contributed by atoms with Crippen molar-refractivity contribution in [3.63, 3.8) is 0 Å². The van der Waals surface area contributed by atoms with Gasteiger partial charge in [0.1, 0.15) is 18.4 Å². The number of likely N-dealkylation sites (tertiary alicyclic amines) is 1. The van der Waals surface area contributed by atoms with E-state index in [1.165, 1.54) is 0 Å². The van der Waals surface area contributed by atoms with Crippen molar-refractivity contribution in [2.45, 2.75) is 44.1 Å². The molecular weight excluding hydrogens is 382 g/mol. The fourth-order valence-corrected chi connectivity index (χ4v) is 5.39. The van der Waals surface area contributed by atoms with E-state index < -0.39 is 0 Å². The quantitative estimate of drug-likeness (QED) is 0.754. The van der Waals surface area contributed by atoms with Crippen molar-refractivity contribution in [2.24, 2.45) is 11.8 Å². The normalized spacial score (nSPS) is 31.4. The molecule has 1 spiro atoms. The van der Waals surface area contributed by atoms with Gasteiger partial charge in [0.25, 0.3) is 0 Å². The van der Waals surface area contributed by atoms with Crippen LogP contribution >= 0.6 is 11.6 Å². The van der Waals surface area contributed by atoms with E-state index in [2.05, 4.69) is 20.4 Å². The molecule has 0 aromatic carbocycles. The standard InChI is InChI=1S/C19H24ClN5O3/c20-17-2-1-13(27-17)8-25-9-15-14(16-3-5-19(15,10-25)28-16)7-21-18(26)4-6-24-11-22-23-12-24/h1-2,11-12,14-16H,3-10H2,(H,21,26)/t14-,15+,16+,19+/m0/s1. The van der Waals surface area contributed by atoms with Crippen LogP contribution in [0.4, 0.5) is 0 Å². The first kappa shape index (κ1) is 18.1. The van der Waals surface area contributed by atoms with E-state index in [4.69, 9.17) is 20.8 Å². The summed E-state index contributed by atoms with van der Waals surface area (Å²) in [5, 5.41) is 11.1. The van der Waals surface area contributed by atoms with Gasteiger partial charge in [-0.25, -0.2) is 0 Å². The Labute approximate surface area is 168 Å². The molecule has 3 aliphatic rings. The molecule has 2 bridgehead atoms. The van der Waals surface area contributed by atoms with Gasteiger partial charge in [-0.2, -0.15) is 0 Å². The minimum atomic E-state index is -0.0566. The monoisotopic (exact) mass is 405 g/mol. The molecule has 2 aromatic rings. The fourth-order valence-electron chi connectivity index (χ4n) is 5.23. The van der Waals surface area contributed by atoms with Crippen molar-refractivity contribution in [3.05, 3.63) is 35.8 Å². The van der Waals surface area contributed by atoms with E-state index >= 15 is 0 Å². The van der Waals surface area contributed by atoms with Crippen LogP contribution in [0.5, 0.6) is 0 Å². The number of amides is 1. The van der Waals surface area contributed by atoms with Crippen LogP contribution in [0.2, 0.25) is 5.22 Å². The zero-order chi connectivity index (χ0) is 19.1. The van der Waals surface area contributed by atoms with Crippen molar-refractivity contribution in [3.8, 4) is 0 Å². The van der Waals surface area contributed by atoms with Crippen LogP contribution in [0.25, 0.3) is 0 Å². The van der Waals surface area contributed by atoms with Crippen LogP contribution in [0.3, 0.4) is 0 Å². The number of rotatable bonds is 7. The molecule has 3 aliphatic heterocycles. The molecule has 0 aliphatic carbocycles. The zero-order valence-corrected chi connectivity index (χ0v) is 16.3. The Kier molecular flexibility index (Phi) is 4.65. The summed E-state index contributed by atoms with van der Waals surface area (Å²) in [5.74, 6) is 1.77. The van der Waals surface area contributed by atoms with Crippen LogP contribution in [-0.2, 0) is 22.6 Å². The van der Waals surface area contributed by atoms with Gasteiger partial charge in [0, 0.05) is 44.4 Å². The molecule has 8 nitrogen and oxygen atoms in total. The first-order chi connectivity index (χ1) is 13.6. The molecule has 4 atom stereocenters. The summed E-state index contributed by atoms with van der Waals surface area (Å²) in [7, 11) is 0. The van der Waals surface area contributed by atoms with Gasteiger partial charge in [-0.1, -0.05) is 0 Å². The third-order valence-electron chi connectivity index (χ3n) is 6.46. The fraction of sp³-hybridized carbons (Fsp3) is 0.632. The third-order valence-corrected chi connectivity index (χ3v) is 6.66. The molecule has 3 fully saturated rings. The maximum atomic E-state index is 12.3. The van der Waals surface area contributed by atoms with Crippen molar-refractivity contribution in [2.75, 3.05) is 19.6 Å². The second kappa shape index (κ2) is 7.17. The van der Waals surface area contributed by atoms with E-state index in [1.807, 2.05) is 10.6 Å². The lowest BCUT2D eigenvalue weighted by atomic mass is 9.73. The smallest absolute Gasteiger partial charge is 0.221 e. The highest BCUT2D eigenvalue weighted by Crippen LogP contribution is 2.54. The Balaban J connectivity index is 1.17. The van der Waals surface area contributed by atoms with E-state index in [0.717, 1.165) is 38.2 Å². The van der Waals surface area contributed by atoms with E-state index in [0.29, 0.717) is 36.6 Å². The molecule has 1 N–H and O–H groups in total. The Bertz CT molecular complexity index is 841. The number of hydrogen-bond donors (Lipinski definition) is 1. The molecule has 0 unspecified atom stereocenters. The van der Waals surface area contributed by atoms with Gasteiger partial charge in [-0.05, 0) is 36.6 Å². The van der Waals surface area contributed by atoms with Gasteiger partial charge in [-0.3, -0.25) is 9.69 Å². The summed E-state index contributed by atoms with van der Waals surface area (Å²) < 4.78 is 13.8. The summed E-state index contributed by atoms with van der Waals surface area (Å²) >= 11 is 5.90. The van der Waals surface area contributed by atoms with Gasteiger partial charge < -0.3 is 19.0 Å². The number of aromatic nitrogens is 3.